The van der Waals surface area contributed by atoms with E-state index in [1.165, 1.54) is 0 Å². The van der Waals surface area contributed by atoms with Gasteiger partial charge in [0.1, 0.15) is 0 Å². The summed E-state index contributed by atoms with van der Waals surface area (Å²) in [6.45, 7) is 0.711. The number of guanidine groups is 1. The summed E-state index contributed by atoms with van der Waals surface area (Å²) in [5.74, 6) is 3.45. The lowest BCUT2D eigenvalue weighted by Crippen LogP contribution is -2.32. The summed E-state index contributed by atoms with van der Waals surface area (Å²) in [7, 11) is 8.21. The number of rotatable bonds is 8. The fourth-order valence-electron chi connectivity index (χ4n) is 2.59. The van der Waals surface area contributed by atoms with Crippen molar-refractivity contribution in [1.82, 2.24) is 5.32 Å². The zero-order valence-corrected chi connectivity index (χ0v) is 19.2. The summed E-state index contributed by atoms with van der Waals surface area (Å²) < 4.78 is 21.2. The molecule has 154 valence electrons. The maximum atomic E-state index is 5.34. The van der Waals surface area contributed by atoms with Gasteiger partial charge in [0.2, 0.25) is 0 Å². The zero-order chi connectivity index (χ0) is 19.6. The van der Waals surface area contributed by atoms with Gasteiger partial charge >= 0.3 is 0 Å². The summed E-state index contributed by atoms with van der Waals surface area (Å²) in [6, 6.07) is 11.5. The Bertz CT molecular complexity index is 784. The second kappa shape index (κ2) is 12.2. The SMILES string of the molecule is CN=C(NCCc1ccc(OC)c(OC)c1)Nc1ccc(OC)c(OC)c1.I. The summed E-state index contributed by atoms with van der Waals surface area (Å²) in [4.78, 5) is 4.25. The number of benzene rings is 2. The average molecular weight is 501 g/mol. The Morgan fingerprint density at radius 2 is 1.39 bits per heavy atom. The molecular formula is C20H28IN3O4. The molecule has 2 aromatic rings. The van der Waals surface area contributed by atoms with Crippen LogP contribution in [0.15, 0.2) is 41.4 Å². The van der Waals surface area contributed by atoms with Crippen molar-refractivity contribution in [3.05, 3.63) is 42.0 Å². The zero-order valence-electron chi connectivity index (χ0n) is 16.9. The molecule has 0 aromatic heterocycles. The number of aliphatic imine (C=N–C) groups is 1. The Balaban J connectivity index is 0.00000392. The summed E-state index contributed by atoms with van der Waals surface area (Å²) in [5, 5.41) is 6.53. The fourth-order valence-corrected chi connectivity index (χ4v) is 2.59. The number of hydrogen-bond donors (Lipinski definition) is 2. The molecule has 0 unspecified atom stereocenters. The van der Waals surface area contributed by atoms with Crippen molar-refractivity contribution in [3.8, 4) is 23.0 Å². The van der Waals surface area contributed by atoms with Crippen LogP contribution in [0.5, 0.6) is 23.0 Å². The number of methoxy groups -OCH3 is 4. The van der Waals surface area contributed by atoms with Gasteiger partial charge in [0.15, 0.2) is 29.0 Å². The van der Waals surface area contributed by atoms with Crippen molar-refractivity contribution in [2.75, 3.05) is 47.3 Å². The molecule has 2 rings (SSSR count). The fraction of sp³-hybridized carbons (Fsp3) is 0.350. The van der Waals surface area contributed by atoms with Crippen LogP contribution in [0.25, 0.3) is 0 Å². The van der Waals surface area contributed by atoms with Crippen molar-refractivity contribution in [2.24, 2.45) is 4.99 Å². The van der Waals surface area contributed by atoms with E-state index in [1.54, 1.807) is 35.5 Å². The maximum Gasteiger partial charge on any atom is 0.195 e. The first kappa shape index (κ1) is 23.7. The third kappa shape index (κ3) is 6.36. The summed E-state index contributed by atoms with van der Waals surface area (Å²) >= 11 is 0. The third-order valence-corrected chi connectivity index (χ3v) is 4.02. The number of ether oxygens (including phenoxy) is 4. The van der Waals surface area contributed by atoms with E-state index < -0.39 is 0 Å². The number of nitrogens with one attached hydrogen (secondary N) is 2. The molecule has 0 spiro atoms. The van der Waals surface area contributed by atoms with Crippen LogP contribution >= 0.6 is 24.0 Å². The first-order valence-corrected chi connectivity index (χ1v) is 8.55. The predicted octanol–water partition coefficient (Wildman–Crippen LogP) is 3.57. The van der Waals surface area contributed by atoms with Gasteiger partial charge in [0.25, 0.3) is 0 Å². The highest BCUT2D eigenvalue weighted by atomic mass is 127. The highest BCUT2D eigenvalue weighted by Crippen LogP contribution is 2.30. The predicted molar refractivity (Wildman–Crippen MR) is 123 cm³/mol. The minimum atomic E-state index is 0. The second-order valence-electron chi connectivity index (χ2n) is 5.63. The average Bonchev–Trinajstić information content (AvgIpc) is 2.72. The van der Waals surface area contributed by atoms with Crippen LogP contribution in [0.4, 0.5) is 5.69 Å². The molecular weight excluding hydrogens is 473 g/mol. The lowest BCUT2D eigenvalue weighted by atomic mass is 10.1. The Labute approximate surface area is 183 Å². The Hall–Kier alpha value is -2.36. The maximum absolute atomic E-state index is 5.34. The van der Waals surface area contributed by atoms with Gasteiger partial charge in [-0.2, -0.15) is 0 Å². The molecule has 2 N–H and O–H groups in total. The smallest absolute Gasteiger partial charge is 0.195 e. The van der Waals surface area contributed by atoms with E-state index in [1.807, 2.05) is 36.4 Å². The lowest BCUT2D eigenvalue weighted by Gasteiger charge is -2.14. The minimum absolute atomic E-state index is 0. The lowest BCUT2D eigenvalue weighted by molar-refractivity contribution is 0.354. The van der Waals surface area contributed by atoms with Crippen molar-refractivity contribution in [2.45, 2.75) is 6.42 Å². The van der Waals surface area contributed by atoms with E-state index >= 15 is 0 Å². The number of anilines is 1. The van der Waals surface area contributed by atoms with Crippen LogP contribution in [0.3, 0.4) is 0 Å². The summed E-state index contributed by atoms with van der Waals surface area (Å²) in [5.41, 5.74) is 1.99. The van der Waals surface area contributed by atoms with Gasteiger partial charge in [-0.3, -0.25) is 4.99 Å². The van der Waals surface area contributed by atoms with Gasteiger partial charge in [-0.05, 0) is 36.2 Å². The van der Waals surface area contributed by atoms with Gasteiger partial charge in [0, 0.05) is 25.3 Å². The molecule has 0 radical (unpaired) electrons. The van der Waals surface area contributed by atoms with Crippen LogP contribution in [0.2, 0.25) is 0 Å². The summed E-state index contributed by atoms with van der Waals surface area (Å²) in [6.07, 6.45) is 0.812. The number of nitrogens with zero attached hydrogens (tertiary/aromatic N) is 1. The Morgan fingerprint density at radius 3 is 1.96 bits per heavy atom. The quantitative estimate of drug-likeness (QED) is 0.328. The normalized spacial score (nSPS) is 10.5. The Morgan fingerprint density at radius 1 is 0.821 bits per heavy atom. The van der Waals surface area contributed by atoms with Gasteiger partial charge in [-0.25, -0.2) is 0 Å². The highest BCUT2D eigenvalue weighted by molar-refractivity contribution is 14.0. The molecule has 2 aromatic carbocycles. The van der Waals surface area contributed by atoms with Gasteiger partial charge in [-0.15, -0.1) is 24.0 Å². The Kier molecular flexibility index (Phi) is 10.3. The third-order valence-electron chi connectivity index (χ3n) is 4.02. The number of halogens is 1. The van der Waals surface area contributed by atoms with Crippen molar-refractivity contribution in [1.29, 1.82) is 0 Å². The van der Waals surface area contributed by atoms with Crippen LogP contribution in [-0.4, -0.2) is 48.0 Å². The van der Waals surface area contributed by atoms with Crippen LogP contribution < -0.4 is 29.6 Å². The second-order valence-corrected chi connectivity index (χ2v) is 5.63. The van der Waals surface area contributed by atoms with Gasteiger partial charge in [-0.1, -0.05) is 6.07 Å². The first-order valence-electron chi connectivity index (χ1n) is 8.55. The molecule has 0 aliphatic carbocycles. The molecule has 0 fully saturated rings. The molecule has 28 heavy (non-hydrogen) atoms. The van der Waals surface area contributed by atoms with Crippen LogP contribution in [-0.2, 0) is 6.42 Å². The van der Waals surface area contributed by atoms with Crippen molar-refractivity contribution >= 4 is 35.6 Å². The van der Waals surface area contributed by atoms with Crippen molar-refractivity contribution in [3.63, 3.8) is 0 Å². The van der Waals surface area contributed by atoms with Crippen molar-refractivity contribution < 1.29 is 18.9 Å². The topological polar surface area (TPSA) is 73.3 Å². The van der Waals surface area contributed by atoms with E-state index in [0.29, 0.717) is 24.0 Å². The van der Waals surface area contributed by atoms with Crippen LogP contribution in [0.1, 0.15) is 5.56 Å². The standard InChI is InChI=1S/C20H27N3O4.HI/c1-21-20(23-15-7-9-17(25-3)19(13-15)27-5)22-11-10-14-6-8-16(24-2)18(12-14)26-4;/h6-9,12-13H,10-11H2,1-5H3,(H2,21,22,23);1H. The minimum Gasteiger partial charge on any atom is -0.493 e. The van der Waals surface area contributed by atoms with Gasteiger partial charge < -0.3 is 29.6 Å². The van der Waals surface area contributed by atoms with E-state index in [0.717, 1.165) is 29.2 Å². The van der Waals surface area contributed by atoms with E-state index in [4.69, 9.17) is 18.9 Å². The molecule has 0 aliphatic rings. The molecule has 0 saturated carbocycles. The molecule has 7 nitrogen and oxygen atoms in total. The first-order chi connectivity index (χ1) is 13.1. The van der Waals surface area contributed by atoms with Gasteiger partial charge in [0.05, 0.1) is 28.4 Å². The van der Waals surface area contributed by atoms with Crippen LogP contribution in [0, 0.1) is 0 Å². The molecule has 0 amide bonds. The molecule has 0 bridgehead atoms. The van der Waals surface area contributed by atoms with E-state index in [-0.39, 0.29) is 24.0 Å². The molecule has 0 aliphatic heterocycles. The molecule has 0 atom stereocenters. The number of hydrogen-bond acceptors (Lipinski definition) is 5. The van der Waals surface area contributed by atoms with E-state index in [9.17, 15) is 0 Å². The molecule has 8 heteroatoms. The molecule has 0 heterocycles. The largest absolute Gasteiger partial charge is 0.493 e. The monoisotopic (exact) mass is 501 g/mol. The van der Waals surface area contributed by atoms with E-state index in [2.05, 4.69) is 15.6 Å². The highest BCUT2D eigenvalue weighted by Gasteiger charge is 2.07. The molecule has 0 saturated heterocycles.